The molecule has 1 aromatic heterocycles. The molecule has 0 aliphatic heterocycles. The van der Waals surface area contributed by atoms with E-state index in [0.29, 0.717) is 23.7 Å². The lowest BCUT2D eigenvalue weighted by atomic mass is 9.77. The van der Waals surface area contributed by atoms with Crippen molar-refractivity contribution in [2.75, 3.05) is 5.32 Å². The van der Waals surface area contributed by atoms with Gasteiger partial charge in [0.05, 0.1) is 10.6 Å². The zero-order valence-corrected chi connectivity index (χ0v) is 23.3. The van der Waals surface area contributed by atoms with E-state index in [-0.39, 0.29) is 52.0 Å². The molecule has 212 valence electrons. The number of nitroso groups, excluding NO2 is 1. The Bertz CT molecular complexity index is 1350. The standard InChI is InChI=1S/C30H32ClF2N3O4/c1-17-3-5-19(6-4-17)15-24(30(38)34-22-10-7-20(8-11-22)29(37)35-39)26-14-9-21(16-36(26)40)27-23(18(2)32)12-13-25(31)28(27)33/h7-11,14,16-19,24H,3-6,12-13,15H2,1-2H3,(H-,34,37,38,40)/p+1. The molecule has 2 aromatic rings. The Balaban J connectivity index is 1.66. The number of pyridine rings is 1. The first-order valence-corrected chi connectivity index (χ1v) is 13.9. The highest BCUT2D eigenvalue weighted by Gasteiger charge is 2.35. The van der Waals surface area contributed by atoms with Crippen molar-refractivity contribution in [1.29, 1.82) is 0 Å². The number of nitrogens with zero attached hydrogens (tertiary/aromatic N) is 2. The molecule has 0 radical (unpaired) electrons. The summed E-state index contributed by atoms with van der Waals surface area (Å²) in [4.78, 5) is 35.6. The predicted molar refractivity (Wildman–Crippen MR) is 148 cm³/mol. The van der Waals surface area contributed by atoms with Crippen LogP contribution in [0.15, 0.2) is 64.2 Å². The van der Waals surface area contributed by atoms with Gasteiger partial charge in [0.15, 0.2) is 0 Å². The molecule has 0 spiro atoms. The number of hydrogen-bond donors (Lipinski definition) is 2. The molecule has 0 saturated heterocycles. The van der Waals surface area contributed by atoms with Gasteiger partial charge in [-0.1, -0.05) is 44.2 Å². The van der Waals surface area contributed by atoms with Gasteiger partial charge in [-0.2, -0.15) is 0 Å². The van der Waals surface area contributed by atoms with Crippen LogP contribution in [0.3, 0.4) is 0 Å². The number of nitrogens with one attached hydrogen (secondary N) is 1. The number of allylic oxidation sites excluding steroid dienone is 4. The summed E-state index contributed by atoms with van der Waals surface area (Å²) in [5.41, 5.74) is 1.38. The molecule has 2 amide bonds. The topological polar surface area (TPSA) is 99.7 Å². The van der Waals surface area contributed by atoms with Crippen molar-refractivity contribution in [3.8, 4) is 0 Å². The van der Waals surface area contributed by atoms with Crippen molar-refractivity contribution in [1.82, 2.24) is 0 Å². The summed E-state index contributed by atoms with van der Waals surface area (Å²) in [6, 6.07) is 8.93. The lowest BCUT2D eigenvalue weighted by Gasteiger charge is -2.28. The smallest absolute Gasteiger partial charge is 0.316 e. The van der Waals surface area contributed by atoms with Crippen molar-refractivity contribution in [3.63, 3.8) is 0 Å². The minimum Gasteiger partial charge on any atom is -0.325 e. The Morgan fingerprint density at radius 3 is 2.40 bits per heavy atom. The lowest BCUT2D eigenvalue weighted by molar-refractivity contribution is -0.910. The van der Waals surface area contributed by atoms with Gasteiger partial charge < -0.3 is 5.32 Å². The van der Waals surface area contributed by atoms with Gasteiger partial charge in [-0.3, -0.25) is 14.8 Å². The van der Waals surface area contributed by atoms with E-state index in [2.05, 4.69) is 17.4 Å². The van der Waals surface area contributed by atoms with Crippen LogP contribution < -0.4 is 10.0 Å². The third kappa shape index (κ3) is 6.63. The molecule has 10 heteroatoms. The molecule has 40 heavy (non-hydrogen) atoms. The second-order valence-corrected chi connectivity index (χ2v) is 11.3. The van der Waals surface area contributed by atoms with Crippen LogP contribution in [0.4, 0.5) is 14.5 Å². The van der Waals surface area contributed by atoms with Crippen molar-refractivity contribution in [2.24, 2.45) is 17.0 Å². The van der Waals surface area contributed by atoms with Gasteiger partial charge in [-0.25, -0.2) is 8.78 Å². The lowest BCUT2D eigenvalue weighted by Crippen LogP contribution is -2.40. The number of carbonyl (C=O) groups is 2. The molecule has 2 aliphatic rings. The SMILES string of the molecule is CC1CCC(CC(C(=O)Nc2ccc(C(=O)N=O)cc2)c2ccc(C3=C(C(C)F)CCC(Cl)=C3F)c[n+]2O)CC1. The minimum atomic E-state index is -1.39. The predicted octanol–water partition coefficient (Wildman–Crippen LogP) is 7.38. The van der Waals surface area contributed by atoms with Gasteiger partial charge in [0, 0.05) is 32.8 Å². The number of anilines is 1. The van der Waals surface area contributed by atoms with E-state index in [0.717, 1.165) is 30.4 Å². The molecule has 1 fully saturated rings. The van der Waals surface area contributed by atoms with Crippen LogP contribution in [-0.4, -0.2) is 23.2 Å². The van der Waals surface area contributed by atoms with E-state index in [1.165, 1.54) is 37.4 Å². The molecule has 4 rings (SSSR count). The molecule has 1 heterocycles. The highest BCUT2D eigenvalue weighted by molar-refractivity contribution is 6.31. The summed E-state index contributed by atoms with van der Waals surface area (Å²) in [5, 5.41) is 16.3. The summed E-state index contributed by atoms with van der Waals surface area (Å²) in [6.45, 7) is 3.55. The number of rotatable bonds is 8. The van der Waals surface area contributed by atoms with E-state index in [1.54, 1.807) is 12.1 Å². The zero-order valence-electron chi connectivity index (χ0n) is 22.5. The summed E-state index contributed by atoms with van der Waals surface area (Å²) in [6.07, 6.45) is 4.90. The second-order valence-electron chi connectivity index (χ2n) is 10.8. The van der Waals surface area contributed by atoms with Crippen LogP contribution in [0.1, 0.15) is 86.3 Å². The first-order chi connectivity index (χ1) is 19.1. The minimum absolute atomic E-state index is 0.00777. The van der Waals surface area contributed by atoms with Gasteiger partial charge in [-0.05, 0) is 73.9 Å². The molecule has 2 aliphatic carbocycles. The summed E-state index contributed by atoms with van der Waals surface area (Å²) in [7, 11) is 0. The van der Waals surface area contributed by atoms with Crippen LogP contribution in [0, 0.1) is 16.7 Å². The summed E-state index contributed by atoms with van der Waals surface area (Å²) in [5.74, 6) is -1.85. The summed E-state index contributed by atoms with van der Waals surface area (Å²) >= 11 is 6.06. The fourth-order valence-corrected chi connectivity index (χ4v) is 5.82. The normalized spacial score (nSPS) is 21.1. The first-order valence-electron chi connectivity index (χ1n) is 13.5. The maximum atomic E-state index is 15.1. The maximum Gasteiger partial charge on any atom is 0.316 e. The Morgan fingerprint density at radius 2 is 1.80 bits per heavy atom. The maximum absolute atomic E-state index is 15.1. The number of amides is 2. The van der Waals surface area contributed by atoms with Crippen LogP contribution in [0.5, 0.6) is 0 Å². The van der Waals surface area contributed by atoms with Crippen molar-refractivity contribution in [2.45, 2.75) is 70.9 Å². The van der Waals surface area contributed by atoms with Crippen molar-refractivity contribution < 1.29 is 28.3 Å². The van der Waals surface area contributed by atoms with E-state index in [1.807, 2.05) is 0 Å². The molecule has 2 unspecified atom stereocenters. The Hall–Kier alpha value is -3.46. The molecular formula is C30H33ClF2N3O4+. The van der Waals surface area contributed by atoms with Gasteiger partial charge in [0.1, 0.15) is 17.9 Å². The molecular weight excluding hydrogens is 540 g/mol. The average Bonchev–Trinajstić information content (AvgIpc) is 2.94. The number of hydrogen-bond acceptors (Lipinski definition) is 4. The number of halogens is 3. The fourth-order valence-electron chi connectivity index (χ4n) is 5.63. The highest BCUT2D eigenvalue weighted by atomic mass is 35.5. The van der Waals surface area contributed by atoms with E-state index in [9.17, 15) is 24.1 Å². The van der Waals surface area contributed by atoms with E-state index < -0.39 is 23.8 Å². The third-order valence-electron chi connectivity index (χ3n) is 7.98. The van der Waals surface area contributed by atoms with Crippen LogP contribution >= 0.6 is 11.6 Å². The fraction of sp³-hybridized carbons (Fsp3) is 0.433. The van der Waals surface area contributed by atoms with Gasteiger partial charge >= 0.3 is 5.91 Å². The summed E-state index contributed by atoms with van der Waals surface area (Å²) < 4.78 is 30.2. The third-order valence-corrected chi connectivity index (χ3v) is 8.34. The largest absolute Gasteiger partial charge is 0.325 e. The Kier molecular flexibility index (Phi) is 9.45. The number of benzene rings is 1. The van der Waals surface area contributed by atoms with Crippen molar-refractivity contribution >= 4 is 34.7 Å². The molecule has 7 nitrogen and oxygen atoms in total. The molecule has 1 saturated carbocycles. The molecule has 0 bridgehead atoms. The van der Waals surface area contributed by atoms with Crippen molar-refractivity contribution in [3.05, 3.63) is 80.8 Å². The van der Waals surface area contributed by atoms with E-state index in [4.69, 9.17) is 11.6 Å². The Labute approximate surface area is 236 Å². The zero-order chi connectivity index (χ0) is 29.0. The highest BCUT2D eigenvalue weighted by Crippen LogP contribution is 2.41. The molecule has 1 aromatic carbocycles. The van der Waals surface area contributed by atoms with Crippen LogP contribution in [0.25, 0.3) is 5.57 Å². The first kappa shape index (κ1) is 29.5. The number of aromatic nitrogens is 1. The van der Waals surface area contributed by atoms with E-state index >= 15 is 4.39 Å². The average molecular weight is 573 g/mol. The molecule has 2 atom stereocenters. The molecule has 2 N–H and O–H groups in total. The van der Waals surface area contributed by atoms with Gasteiger partial charge in [0.25, 0.3) is 0 Å². The number of carbonyl (C=O) groups excluding carboxylic acids is 2. The second kappa shape index (κ2) is 12.8. The number of alkyl halides is 1. The van der Waals surface area contributed by atoms with Crippen LogP contribution in [0.2, 0.25) is 0 Å². The van der Waals surface area contributed by atoms with Crippen LogP contribution in [-0.2, 0) is 4.79 Å². The quantitative estimate of drug-likeness (QED) is 0.196. The van der Waals surface area contributed by atoms with Gasteiger partial charge in [-0.15, -0.1) is 4.91 Å². The monoisotopic (exact) mass is 572 g/mol. The Morgan fingerprint density at radius 1 is 1.12 bits per heavy atom. The van der Waals surface area contributed by atoms with Gasteiger partial charge in [0.2, 0.25) is 17.8 Å².